The molecule has 2 heterocycles. The van der Waals surface area contributed by atoms with Crippen molar-refractivity contribution in [1.29, 1.82) is 0 Å². The first-order valence-electron chi connectivity index (χ1n) is 6.62. The number of hydrogen-bond acceptors (Lipinski definition) is 7. The summed E-state index contributed by atoms with van der Waals surface area (Å²) in [5.74, 6) is -0.202. The third kappa shape index (κ3) is 4.13. The van der Waals surface area contributed by atoms with Crippen LogP contribution in [0.2, 0.25) is 0 Å². The molecule has 0 unspecified atom stereocenters. The van der Waals surface area contributed by atoms with Crippen LogP contribution in [0.1, 0.15) is 29.1 Å². The van der Waals surface area contributed by atoms with Crippen LogP contribution in [0.4, 0.5) is 0 Å². The molecule has 9 nitrogen and oxygen atoms in total. The van der Waals surface area contributed by atoms with Gasteiger partial charge in [0.05, 0.1) is 18.2 Å². The molecule has 0 spiro atoms. The number of nitrogens with zero attached hydrogens (tertiary/aromatic N) is 3. The first-order valence-corrected chi connectivity index (χ1v) is 8.98. The van der Waals surface area contributed by atoms with Crippen molar-refractivity contribution in [3.8, 4) is 0 Å². The average Bonchev–Trinajstić information content (AvgIpc) is 3.13. The highest BCUT2D eigenvalue weighted by atomic mass is 32.2. The van der Waals surface area contributed by atoms with Gasteiger partial charge in [0.15, 0.2) is 5.82 Å². The Balaban J connectivity index is 2.16. The van der Waals surface area contributed by atoms with Crippen molar-refractivity contribution in [2.75, 3.05) is 13.7 Å². The molecule has 0 fully saturated rings. The standard InChI is InChI=1S/C12H17N5O4S2/c1-8(12-15-14-7-17(12)3-4-21-2)16-23(19,20)10-5-9(6-22-10)11(13)18/h5-8,16H,3-4H2,1-2H3,(H2,13,18)/t8-/m1/s1. The maximum absolute atomic E-state index is 12.4. The van der Waals surface area contributed by atoms with Crippen LogP contribution in [0.15, 0.2) is 22.0 Å². The zero-order valence-electron chi connectivity index (χ0n) is 12.6. The smallest absolute Gasteiger partial charge is 0.250 e. The van der Waals surface area contributed by atoms with Gasteiger partial charge in [-0.25, -0.2) is 13.1 Å². The van der Waals surface area contributed by atoms with Crippen LogP contribution in [0.5, 0.6) is 0 Å². The molecule has 23 heavy (non-hydrogen) atoms. The number of carbonyl (C=O) groups excluding carboxylic acids is 1. The highest BCUT2D eigenvalue weighted by molar-refractivity contribution is 7.91. The summed E-state index contributed by atoms with van der Waals surface area (Å²) >= 11 is 0.928. The SMILES string of the molecule is COCCn1cnnc1[C@@H](C)NS(=O)(=O)c1cc(C(N)=O)cs1. The van der Waals surface area contributed by atoms with E-state index in [9.17, 15) is 13.2 Å². The molecule has 126 valence electrons. The van der Waals surface area contributed by atoms with Crippen molar-refractivity contribution in [3.05, 3.63) is 29.2 Å². The number of rotatable bonds is 8. The number of nitrogens with two attached hydrogens (primary N) is 1. The van der Waals surface area contributed by atoms with Crippen molar-refractivity contribution < 1.29 is 17.9 Å². The molecule has 1 atom stereocenters. The number of aromatic nitrogens is 3. The van der Waals surface area contributed by atoms with E-state index in [4.69, 9.17) is 10.5 Å². The Hall–Kier alpha value is -1.82. The van der Waals surface area contributed by atoms with Crippen LogP contribution in [-0.2, 0) is 21.3 Å². The minimum Gasteiger partial charge on any atom is -0.383 e. The molecule has 0 aliphatic heterocycles. The van der Waals surface area contributed by atoms with Crippen molar-refractivity contribution in [2.24, 2.45) is 5.73 Å². The van der Waals surface area contributed by atoms with Gasteiger partial charge in [0.1, 0.15) is 10.5 Å². The van der Waals surface area contributed by atoms with E-state index in [1.54, 1.807) is 18.6 Å². The Kier molecular flexibility index (Phi) is 5.46. The Morgan fingerprint density at radius 2 is 2.30 bits per heavy atom. The summed E-state index contributed by atoms with van der Waals surface area (Å²) in [6.07, 6.45) is 1.51. The van der Waals surface area contributed by atoms with Gasteiger partial charge in [-0.1, -0.05) is 0 Å². The Bertz CT molecular complexity index is 783. The van der Waals surface area contributed by atoms with E-state index < -0.39 is 22.0 Å². The lowest BCUT2D eigenvalue weighted by molar-refractivity contribution is 0.100. The van der Waals surface area contributed by atoms with Gasteiger partial charge in [-0.05, 0) is 13.0 Å². The number of sulfonamides is 1. The average molecular weight is 359 g/mol. The largest absolute Gasteiger partial charge is 0.383 e. The molecule has 0 aliphatic carbocycles. The van der Waals surface area contributed by atoms with Crippen LogP contribution >= 0.6 is 11.3 Å². The van der Waals surface area contributed by atoms with Gasteiger partial charge in [0.25, 0.3) is 10.0 Å². The van der Waals surface area contributed by atoms with Gasteiger partial charge in [0.2, 0.25) is 5.91 Å². The number of amides is 1. The second kappa shape index (κ2) is 7.17. The van der Waals surface area contributed by atoms with E-state index in [1.165, 1.54) is 17.8 Å². The number of thiophene rings is 1. The summed E-state index contributed by atoms with van der Waals surface area (Å²) in [4.78, 5) is 11.1. The van der Waals surface area contributed by atoms with Crippen LogP contribution in [0.25, 0.3) is 0 Å². The van der Waals surface area contributed by atoms with Gasteiger partial charge in [-0.2, -0.15) is 0 Å². The number of ether oxygens (including phenoxy) is 1. The van der Waals surface area contributed by atoms with Crippen molar-refractivity contribution >= 4 is 27.3 Å². The van der Waals surface area contributed by atoms with Crippen LogP contribution in [0.3, 0.4) is 0 Å². The minimum atomic E-state index is -3.79. The molecular weight excluding hydrogens is 342 g/mol. The molecule has 0 saturated heterocycles. The summed E-state index contributed by atoms with van der Waals surface area (Å²) in [6, 6.07) is 0.649. The first kappa shape index (κ1) is 17.5. The number of primary amides is 1. The zero-order valence-corrected chi connectivity index (χ0v) is 14.2. The summed E-state index contributed by atoms with van der Waals surface area (Å²) in [5.41, 5.74) is 5.29. The molecule has 2 aromatic heterocycles. The van der Waals surface area contributed by atoms with E-state index >= 15 is 0 Å². The molecule has 0 aromatic carbocycles. The second-order valence-electron chi connectivity index (χ2n) is 4.74. The molecule has 2 rings (SSSR count). The fourth-order valence-electron chi connectivity index (χ4n) is 1.89. The number of nitrogens with one attached hydrogen (secondary N) is 1. The minimum absolute atomic E-state index is 0.0149. The maximum Gasteiger partial charge on any atom is 0.250 e. The molecular formula is C12H17N5O4S2. The highest BCUT2D eigenvalue weighted by Crippen LogP contribution is 2.22. The monoisotopic (exact) mass is 359 g/mol. The molecule has 3 N–H and O–H groups in total. The van der Waals surface area contributed by atoms with E-state index in [-0.39, 0.29) is 9.77 Å². The zero-order chi connectivity index (χ0) is 17.0. The van der Waals surface area contributed by atoms with Crippen molar-refractivity contribution in [1.82, 2.24) is 19.5 Å². The summed E-state index contributed by atoms with van der Waals surface area (Å²) in [5, 5.41) is 9.14. The number of methoxy groups -OCH3 is 1. The predicted octanol–water partition coefficient (Wildman–Crippen LogP) is 0.124. The highest BCUT2D eigenvalue weighted by Gasteiger charge is 2.23. The lowest BCUT2D eigenvalue weighted by Crippen LogP contribution is -2.28. The molecule has 0 saturated carbocycles. The molecule has 1 amide bonds. The Labute approximate surface area is 137 Å². The third-order valence-electron chi connectivity index (χ3n) is 3.03. The van der Waals surface area contributed by atoms with Crippen molar-refractivity contribution in [3.63, 3.8) is 0 Å². The third-order valence-corrected chi connectivity index (χ3v) is 6.01. The lowest BCUT2D eigenvalue weighted by Gasteiger charge is -2.14. The van der Waals surface area contributed by atoms with E-state index in [0.29, 0.717) is 19.0 Å². The second-order valence-corrected chi connectivity index (χ2v) is 7.59. The fourth-order valence-corrected chi connectivity index (χ4v) is 4.28. The summed E-state index contributed by atoms with van der Waals surface area (Å²) in [6.45, 7) is 2.63. The molecule has 0 radical (unpaired) electrons. The molecule has 0 bridgehead atoms. The topological polar surface area (TPSA) is 129 Å². The Morgan fingerprint density at radius 3 is 2.91 bits per heavy atom. The quantitative estimate of drug-likeness (QED) is 0.689. The molecule has 0 aliphatic rings. The van der Waals surface area contributed by atoms with Gasteiger partial charge in [-0.3, -0.25) is 4.79 Å². The van der Waals surface area contributed by atoms with Crippen LogP contribution < -0.4 is 10.5 Å². The normalized spacial score (nSPS) is 13.1. The first-order chi connectivity index (χ1) is 10.8. The van der Waals surface area contributed by atoms with E-state index in [2.05, 4.69) is 14.9 Å². The summed E-state index contributed by atoms with van der Waals surface area (Å²) < 4.78 is 33.9. The van der Waals surface area contributed by atoms with Gasteiger partial charge in [0, 0.05) is 19.0 Å². The van der Waals surface area contributed by atoms with Gasteiger partial charge in [-0.15, -0.1) is 21.5 Å². The van der Waals surface area contributed by atoms with Crippen LogP contribution in [0, 0.1) is 0 Å². The van der Waals surface area contributed by atoms with Crippen molar-refractivity contribution in [2.45, 2.75) is 23.7 Å². The van der Waals surface area contributed by atoms with Crippen LogP contribution in [-0.4, -0.2) is 42.8 Å². The molecule has 2 aromatic rings. The van der Waals surface area contributed by atoms with E-state index in [1.807, 2.05) is 0 Å². The van der Waals surface area contributed by atoms with Gasteiger partial charge < -0.3 is 15.0 Å². The van der Waals surface area contributed by atoms with E-state index in [0.717, 1.165) is 11.3 Å². The maximum atomic E-state index is 12.4. The number of hydrogen-bond donors (Lipinski definition) is 2. The Morgan fingerprint density at radius 1 is 1.57 bits per heavy atom. The van der Waals surface area contributed by atoms with Gasteiger partial charge >= 0.3 is 0 Å². The molecule has 11 heteroatoms. The summed E-state index contributed by atoms with van der Waals surface area (Å²) in [7, 11) is -2.21. The number of carbonyl (C=O) groups is 1. The lowest BCUT2D eigenvalue weighted by atomic mass is 10.3. The predicted molar refractivity (Wildman–Crippen MR) is 83.5 cm³/mol. The fraction of sp³-hybridized carbons (Fsp3) is 0.417.